The van der Waals surface area contributed by atoms with Crippen LogP contribution in [-0.4, -0.2) is 29.6 Å². The monoisotopic (exact) mass is 289 g/mol. The summed E-state index contributed by atoms with van der Waals surface area (Å²) in [4.78, 5) is 25.4. The maximum atomic E-state index is 12.3. The van der Waals surface area contributed by atoms with E-state index in [1.54, 1.807) is 37.9 Å². The lowest BCUT2D eigenvalue weighted by molar-refractivity contribution is -0.147. The third kappa shape index (κ3) is 1.83. The number of carbonyl (C=O) groups excluding carboxylic acids is 1. The van der Waals surface area contributed by atoms with E-state index in [0.717, 1.165) is 12.0 Å². The molecule has 1 aliphatic carbocycles. The van der Waals surface area contributed by atoms with Gasteiger partial charge in [0.05, 0.1) is 11.1 Å². The van der Waals surface area contributed by atoms with Gasteiger partial charge >= 0.3 is 5.97 Å². The number of nitrogens with zero attached hydrogens (tertiary/aromatic N) is 1. The molecule has 112 valence electrons. The summed E-state index contributed by atoms with van der Waals surface area (Å²) in [5, 5.41) is 9.53. The number of hydrogen-bond acceptors (Lipinski definition) is 3. The minimum absolute atomic E-state index is 0.134. The number of fused-ring (bicyclic) bond motifs is 1. The minimum atomic E-state index is -0.899. The van der Waals surface area contributed by atoms with Gasteiger partial charge in [0.2, 0.25) is 0 Å². The molecule has 0 radical (unpaired) electrons. The third-order valence-electron chi connectivity index (χ3n) is 4.67. The zero-order chi connectivity index (χ0) is 15.4. The predicted molar refractivity (Wildman–Crippen MR) is 77.7 cm³/mol. The van der Waals surface area contributed by atoms with Gasteiger partial charge in [-0.25, -0.2) is 0 Å². The summed E-state index contributed by atoms with van der Waals surface area (Å²) in [5.41, 5.74) is -0.303. The molecule has 1 N–H and O–H groups in total. The molecule has 1 aliphatic heterocycles. The Bertz CT molecular complexity index is 631. The van der Waals surface area contributed by atoms with Crippen LogP contribution in [0.25, 0.3) is 0 Å². The molecule has 0 bridgehead atoms. The first-order chi connectivity index (χ1) is 9.78. The molecule has 1 heterocycles. The van der Waals surface area contributed by atoms with Crippen LogP contribution in [-0.2, 0) is 15.0 Å². The predicted octanol–water partition coefficient (Wildman–Crippen LogP) is 2.33. The summed E-state index contributed by atoms with van der Waals surface area (Å²) >= 11 is 0. The second-order valence-electron chi connectivity index (χ2n) is 6.40. The van der Waals surface area contributed by atoms with Crippen molar-refractivity contribution in [2.24, 2.45) is 0 Å². The standard InChI is InChI=1S/C16H19NO4/c1-15(2)13(18)17(3)11-9-10(5-6-12(11)21-15)16(14(19)20)7-4-8-16/h5-6,9H,4,7-8H2,1-3H3,(H,19,20). The Morgan fingerprint density at radius 2 is 2.00 bits per heavy atom. The Kier molecular flexibility index (Phi) is 2.80. The van der Waals surface area contributed by atoms with Crippen LogP contribution in [0.2, 0.25) is 0 Å². The molecule has 1 aromatic carbocycles. The number of amides is 1. The highest BCUT2D eigenvalue weighted by atomic mass is 16.5. The molecule has 0 saturated heterocycles. The Labute approximate surface area is 123 Å². The van der Waals surface area contributed by atoms with Crippen LogP contribution in [0.1, 0.15) is 38.7 Å². The van der Waals surface area contributed by atoms with Crippen LogP contribution in [0.3, 0.4) is 0 Å². The Morgan fingerprint density at radius 3 is 2.52 bits per heavy atom. The highest BCUT2D eigenvalue weighted by Crippen LogP contribution is 2.47. The van der Waals surface area contributed by atoms with E-state index in [1.165, 1.54) is 0 Å². The van der Waals surface area contributed by atoms with E-state index in [4.69, 9.17) is 4.74 Å². The Balaban J connectivity index is 2.07. The molecule has 3 rings (SSSR count). The molecule has 1 aromatic rings. The first kappa shape index (κ1) is 13.9. The molecule has 1 amide bonds. The summed E-state index contributed by atoms with van der Waals surface area (Å²) < 4.78 is 5.74. The average Bonchev–Trinajstić information content (AvgIpc) is 2.35. The molecule has 5 heteroatoms. The Morgan fingerprint density at radius 1 is 1.33 bits per heavy atom. The number of likely N-dealkylation sites (N-methyl/N-ethyl adjacent to an activating group) is 1. The van der Waals surface area contributed by atoms with Gasteiger partial charge in [-0.2, -0.15) is 0 Å². The Hall–Kier alpha value is -2.04. The van der Waals surface area contributed by atoms with Crippen molar-refractivity contribution < 1.29 is 19.4 Å². The minimum Gasteiger partial charge on any atom is -0.481 e. The summed E-state index contributed by atoms with van der Waals surface area (Å²) in [6, 6.07) is 5.37. The zero-order valence-corrected chi connectivity index (χ0v) is 12.5. The van der Waals surface area contributed by atoms with E-state index >= 15 is 0 Å². The molecule has 0 spiro atoms. The summed E-state index contributed by atoms with van der Waals surface area (Å²) in [5.74, 6) is -0.310. The van der Waals surface area contributed by atoms with Gasteiger partial charge in [0, 0.05) is 7.05 Å². The molecular weight excluding hydrogens is 270 g/mol. The number of benzene rings is 1. The van der Waals surface area contributed by atoms with E-state index < -0.39 is 17.0 Å². The molecule has 1 fully saturated rings. The van der Waals surface area contributed by atoms with Crippen molar-refractivity contribution in [2.45, 2.75) is 44.1 Å². The largest absolute Gasteiger partial charge is 0.481 e. The first-order valence-corrected chi connectivity index (χ1v) is 7.13. The topological polar surface area (TPSA) is 66.8 Å². The van der Waals surface area contributed by atoms with Crippen molar-refractivity contribution in [3.8, 4) is 5.75 Å². The second-order valence-corrected chi connectivity index (χ2v) is 6.40. The SMILES string of the molecule is CN1C(=O)C(C)(C)Oc2ccc(C3(C(=O)O)CCC3)cc21. The molecule has 0 unspecified atom stereocenters. The highest BCUT2D eigenvalue weighted by molar-refractivity contribution is 6.02. The van der Waals surface area contributed by atoms with Gasteiger partial charge < -0.3 is 14.7 Å². The number of carbonyl (C=O) groups is 2. The van der Waals surface area contributed by atoms with E-state index in [-0.39, 0.29) is 5.91 Å². The fourth-order valence-electron chi connectivity index (χ4n) is 3.15. The lowest BCUT2D eigenvalue weighted by Crippen LogP contribution is -2.51. The van der Waals surface area contributed by atoms with E-state index in [9.17, 15) is 14.7 Å². The third-order valence-corrected chi connectivity index (χ3v) is 4.67. The van der Waals surface area contributed by atoms with E-state index in [1.807, 2.05) is 6.07 Å². The number of carboxylic acids is 1. The van der Waals surface area contributed by atoms with Crippen LogP contribution in [0, 0.1) is 0 Å². The molecular formula is C16H19NO4. The number of rotatable bonds is 2. The number of hydrogen-bond donors (Lipinski definition) is 1. The van der Waals surface area contributed by atoms with Crippen molar-refractivity contribution in [2.75, 3.05) is 11.9 Å². The molecule has 5 nitrogen and oxygen atoms in total. The maximum absolute atomic E-state index is 12.3. The molecule has 1 saturated carbocycles. The highest BCUT2D eigenvalue weighted by Gasteiger charge is 2.47. The fourth-order valence-corrected chi connectivity index (χ4v) is 3.15. The number of anilines is 1. The lowest BCUT2D eigenvalue weighted by Gasteiger charge is -2.41. The van der Waals surface area contributed by atoms with Gasteiger partial charge in [0.15, 0.2) is 5.60 Å². The number of carboxylic acid groups (broad SMARTS) is 1. The number of ether oxygens (including phenoxy) is 1. The van der Waals surface area contributed by atoms with Crippen molar-refractivity contribution in [3.63, 3.8) is 0 Å². The average molecular weight is 289 g/mol. The van der Waals surface area contributed by atoms with Crippen molar-refractivity contribution >= 4 is 17.6 Å². The second kappa shape index (κ2) is 4.23. The van der Waals surface area contributed by atoms with Gasteiger partial charge in [-0.05, 0) is 44.4 Å². The maximum Gasteiger partial charge on any atom is 0.314 e. The summed E-state index contributed by atoms with van der Waals surface area (Å²) in [7, 11) is 1.70. The van der Waals surface area contributed by atoms with E-state index in [0.29, 0.717) is 24.3 Å². The fraction of sp³-hybridized carbons (Fsp3) is 0.500. The van der Waals surface area contributed by atoms with Crippen molar-refractivity contribution in [3.05, 3.63) is 23.8 Å². The first-order valence-electron chi connectivity index (χ1n) is 7.13. The molecule has 21 heavy (non-hydrogen) atoms. The summed E-state index contributed by atoms with van der Waals surface area (Å²) in [6.45, 7) is 3.46. The van der Waals surface area contributed by atoms with Crippen LogP contribution in [0.15, 0.2) is 18.2 Å². The zero-order valence-electron chi connectivity index (χ0n) is 12.5. The molecule has 0 aromatic heterocycles. The van der Waals surface area contributed by atoms with Gasteiger partial charge in [-0.15, -0.1) is 0 Å². The van der Waals surface area contributed by atoms with Gasteiger partial charge in [-0.3, -0.25) is 9.59 Å². The molecule has 0 atom stereocenters. The van der Waals surface area contributed by atoms with Crippen LogP contribution < -0.4 is 9.64 Å². The van der Waals surface area contributed by atoms with Crippen molar-refractivity contribution in [1.82, 2.24) is 0 Å². The molecule has 2 aliphatic rings. The quantitative estimate of drug-likeness (QED) is 0.907. The summed E-state index contributed by atoms with van der Waals surface area (Å²) in [6.07, 6.45) is 2.21. The normalized spacial score (nSPS) is 22.0. The van der Waals surface area contributed by atoms with E-state index in [2.05, 4.69) is 0 Å². The van der Waals surface area contributed by atoms with Crippen LogP contribution in [0.5, 0.6) is 5.75 Å². The van der Waals surface area contributed by atoms with Crippen LogP contribution in [0.4, 0.5) is 5.69 Å². The van der Waals surface area contributed by atoms with Gasteiger partial charge in [-0.1, -0.05) is 12.5 Å². The van der Waals surface area contributed by atoms with Gasteiger partial charge in [0.1, 0.15) is 5.75 Å². The lowest BCUT2D eigenvalue weighted by atomic mass is 9.64. The smallest absolute Gasteiger partial charge is 0.314 e. The van der Waals surface area contributed by atoms with Gasteiger partial charge in [0.25, 0.3) is 5.91 Å². The van der Waals surface area contributed by atoms with Crippen molar-refractivity contribution in [1.29, 1.82) is 0 Å². The number of aliphatic carboxylic acids is 1. The van der Waals surface area contributed by atoms with Crippen LogP contribution >= 0.6 is 0 Å².